The number of benzene rings is 1. The van der Waals surface area contributed by atoms with Crippen LogP contribution in [0.3, 0.4) is 0 Å². The fourth-order valence-corrected chi connectivity index (χ4v) is 2.50. The van der Waals surface area contributed by atoms with Gasteiger partial charge in [0, 0.05) is 24.7 Å². The van der Waals surface area contributed by atoms with E-state index in [-0.39, 0.29) is 5.91 Å². The van der Waals surface area contributed by atoms with Crippen molar-refractivity contribution in [3.8, 4) is 5.75 Å². The van der Waals surface area contributed by atoms with Crippen molar-refractivity contribution in [2.45, 2.75) is 45.7 Å². The Labute approximate surface area is 127 Å². The molecule has 1 aliphatic rings. The molecule has 1 atom stereocenters. The predicted octanol–water partition coefficient (Wildman–Crippen LogP) is 2.56. The van der Waals surface area contributed by atoms with Gasteiger partial charge < -0.3 is 15.4 Å². The Bertz CT molecular complexity index is 493. The number of rotatable bonds is 7. The van der Waals surface area contributed by atoms with Gasteiger partial charge in [0.1, 0.15) is 5.75 Å². The SMILES string of the molecule is CCC(C)(CN)C(=O)N(Cc1ccccc1OC)C1CC1. The number of ether oxygens (including phenoxy) is 1. The van der Waals surface area contributed by atoms with Crippen LogP contribution in [-0.2, 0) is 11.3 Å². The molecule has 0 aromatic heterocycles. The molecule has 1 unspecified atom stereocenters. The van der Waals surface area contributed by atoms with Gasteiger partial charge in [0.05, 0.1) is 12.5 Å². The molecule has 0 bridgehead atoms. The molecule has 0 radical (unpaired) electrons. The predicted molar refractivity (Wildman–Crippen MR) is 84.0 cm³/mol. The summed E-state index contributed by atoms with van der Waals surface area (Å²) >= 11 is 0. The minimum atomic E-state index is -0.468. The number of amides is 1. The number of para-hydroxylation sites is 1. The summed E-state index contributed by atoms with van der Waals surface area (Å²) in [6.07, 6.45) is 2.94. The standard InChI is InChI=1S/C17H26N2O2/c1-4-17(2,12-18)16(20)19(14-9-10-14)11-13-7-5-6-8-15(13)21-3/h5-8,14H,4,9-12,18H2,1-3H3. The lowest BCUT2D eigenvalue weighted by atomic mass is 9.85. The smallest absolute Gasteiger partial charge is 0.230 e. The molecule has 4 heteroatoms. The third-order valence-corrected chi connectivity index (χ3v) is 4.53. The van der Waals surface area contributed by atoms with E-state index in [4.69, 9.17) is 10.5 Å². The first-order valence-corrected chi connectivity index (χ1v) is 7.68. The van der Waals surface area contributed by atoms with Crippen LogP contribution >= 0.6 is 0 Å². The molecule has 0 heterocycles. The molecule has 0 saturated heterocycles. The third-order valence-electron chi connectivity index (χ3n) is 4.53. The van der Waals surface area contributed by atoms with Gasteiger partial charge in [0.2, 0.25) is 5.91 Å². The second-order valence-corrected chi connectivity index (χ2v) is 6.09. The molecule has 1 saturated carbocycles. The molecular weight excluding hydrogens is 264 g/mol. The van der Waals surface area contributed by atoms with Crippen molar-refractivity contribution < 1.29 is 9.53 Å². The number of hydrogen-bond acceptors (Lipinski definition) is 3. The van der Waals surface area contributed by atoms with Crippen LogP contribution in [0, 0.1) is 5.41 Å². The van der Waals surface area contributed by atoms with E-state index in [0.29, 0.717) is 19.1 Å². The number of carbonyl (C=O) groups is 1. The first-order valence-electron chi connectivity index (χ1n) is 7.68. The van der Waals surface area contributed by atoms with E-state index in [1.54, 1.807) is 7.11 Å². The van der Waals surface area contributed by atoms with Gasteiger partial charge in [-0.3, -0.25) is 4.79 Å². The molecule has 0 aliphatic heterocycles. The lowest BCUT2D eigenvalue weighted by molar-refractivity contribution is -0.142. The third kappa shape index (κ3) is 3.38. The highest BCUT2D eigenvalue weighted by molar-refractivity contribution is 5.83. The van der Waals surface area contributed by atoms with Crippen LogP contribution in [0.1, 0.15) is 38.7 Å². The van der Waals surface area contributed by atoms with E-state index in [0.717, 1.165) is 30.6 Å². The van der Waals surface area contributed by atoms with Crippen LogP contribution in [0.5, 0.6) is 5.75 Å². The average molecular weight is 290 g/mol. The summed E-state index contributed by atoms with van der Waals surface area (Å²) in [7, 11) is 1.66. The molecule has 1 aromatic carbocycles. The first kappa shape index (κ1) is 15.8. The Kier molecular flexibility index (Phi) is 4.88. The van der Waals surface area contributed by atoms with Crippen molar-refractivity contribution in [2.24, 2.45) is 11.1 Å². The van der Waals surface area contributed by atoms with Gasteiger partial charge in [-0.15, -0.1) is 0 Å². The maximum atomic E-state index is 12.9. The minimum absolute atomic E-state index is 0.168. The van der Waals surface area contributed by atoms with Gasteiger partial charge in [0.15, 0.2) is 0 Å². The van der Waals surface area contributed by atoms with E-state index in [9.17, 15) is 4.79 Å². The molecule has 2 rings (SSSR count). The summed E-state index contributed by atoms with van der Waals surface area (Å²) in [6.45, 7) is 4.98. The molecule has 0 spiro atoms. The van der Waals surface area contributed by atoms with E-state index in [1.165, 1.54) is 0 Å². The van der Waals surface area contributed by atoms with Crippen molar-refractivity contribution >= 4 is 5.91 Å². The van der Waals surface area contributed by atoms with Crippen molar-refractivity contribution in [3.63, 3.8) is 0 Å². The molecule has 4 nitrogen and oxygen atoms in total. The van der Waals surface area contributed by atoms with E-state index in [1.807, 2.05) is 43.0 Å². The van der Waals surface area contributed by atoms with Crippen LogP contribution in [0.25, 0.3) is 0 Å². The number of nitrogens with zero attached hydrogens (tertiary/aromatic N) is 1. The number of nitrogens with two attached hydrogens (primary N) is 1. The van der Waals surface area contributed by atoms with E-state index < -0.39 is 5.41 Å². The molecular formula is C17H26N2O2. The summed E-state index contributed by atoms with van der Waals surface area (Å²) < 4.78 is 5.40. The largest absolute Gasteiger partial charge is 0.496 e. The maximum absolute atomic E-state index is 12.9. The fourth-order valence-electron chi connectivity index (χ4n) is 2.50. The quantitative estimate of drug-likeness (QED) is 0.839. The van der Waals surface area contributed by atoms with Gasteiger partial charge in [-0.2, -0.15) is 0 Å². The Morgan fingerprint density at radius 2 is 2.10 bits per heavy atom. The highest BCUT2D eigenvalue weighted by Crippen LogP contribution is 2.34. The summed E-state index contributed by atoms with van der Waals surface area (Å²) in [5.41, 5.74) is 6.44. The van der Waals surface area contributed by atoms with Crippen molar-refractivity contribution in [3.05, 3.63) is 29.8 Å². The van der Waals surface area contributed by atoms with Gasteiger partial charge in [-0.05, 0) is 32.3 Å². The summed E-state index contributed by atoms with van der Waals surface area (Å²) in [5, 5.41) is 0. The van der Waals surface area contributed by atoms with Gasteiger partial charge in [0.25, 0.3) is 0 Å². The Balaban J connectivity index is 2.22. The average Bonchev–Trinajstić information content (AvgIpc) is 3.36. The molecule has 1 aromatic rings. The molecule has 1 aliphatic carbocycles. The summed E-state index contributed by atoms with van der Waals surface area (Å²) in [4.78, 5) is 14.9. The zero-order valence-electron chi connectivity index (χ0n) is 13.3. The molecule has 21 heavy (non-hydrogen) atoms. The Morgan fingerprint density at radius 1 is 1.43 bits per heavy atom. The minimum Gasteiger partial charge on any atom is -0.496 e. The van der Waals surface area contributed by atoms with Crippen molar-refractivity contribution in [2.75, 3.05) is 13.7 Å². The number of hydrogen-bond donors (Lipinski definition) is 1. The van der Waals surface area contributed by atoms with Crippen LogP contribution < -0.4 is 10.5 Å². The highest BCUT2D eigenvalue weighted by atomic mass is 16.5. The van der Waals surface area contributed by atoms with Gasteiger partial charge >= 0.3 is 0 Å². The van der Waals surface area contributed by atoms with Crippen LogP contribution in [-0.4, -0.2) is 30.5 Å². The molecule has 116 valence electrons. The number of carbonyl (C=O) groups excluding carboxylic acids is 1. The van der Waals surface area contributed by atoms with Crippen LogP contribution in [0.2, 0.25) is 0 Å². The lowest BCUT2D eigenvalue weighted by Gasteiger charge is -2.33. The zero-order valence-corrected chi connectivity index (χ0v) is 13.3. The lowest BCUT2D eigenvalue weighted by Crippen LogP contribution is -2.46. The maximum Gasteiger partial charge on any atom is 0.230 e. The second-order valence-electron chi connectivity index (χ2n) is 6.09. The molecule has 1 fully saturated rings. The normalized spacial score (nSPS) is 17.1. The summed E-state index contributed by atoms with van der Waals surface area (Å²) in [6, 6.07) is 8.25. The highest BCUT2D eigenvalue weighted by Gasteiger charge is 2.40. The van der Waals surface area contributed by atoms with Crippen LogP contribution in [0.4, 0.5) is 0 Å². The second kappa shape index (κ2) is 6.48. The Morgan fingerprint density at radius 3 is 2.62 bits per heavy atom. The van der Waals surface area contributed by atoms with Crippen molar-refractivity contribution in [1.82, 2.24) is 4.90 Å². The van der Waals surface area contributed by atoms with Gasteiger partial charge in [-0.1, -0.05) is 25.1 Å². The van der Waals surface area contributed by atoms with Crippen molar-refractivity contribution in [1.29, 1.82) is 0 Å². The molecule has 1 amide bonds. The van der Waals surface area contributed by atoms with Crippen LogP contribution in [0.15, 0.2) is 24.3 Å². The zero-order chi connectivity index (χ0) is 15.5. The number of methoxy groups -OCH3 is 1. The first-order chi connectivity index (χ1) is 10.1. The van der Waals surface area contributed by atoms with Gasteiger partial charge in [-0.25, -0.2) is 0 Å². The summed E-state index contributed by atoms with van der Waals surface area (Å²) in [5.74, 6) is 1.00. The van der Waals surface area contributed by atoms with E-state index >= 15 is 0 Å². The fraction of sp³-hybridized carbons (Fsp3) is 0.588. The Hall–Kier alpha value is -1.55. The molecule has 2 N–H and O–H groups in total. The topological polar surface area (TPSA) is 55.6 Å². The monoisotopic (exact) mass is 290 g/mol. The van der Waals surface area contributed by atoms with E-state index in [2.05, 4.69) is 0 Å².